The summed E-state index contributed by atoms with van der Waals surface area (Å²) in [4.78, 5) is 45.8. The standard InChI is InChI=1S/C44H30N4O2.3C2H6/c1-27(49)33-17-9-11-19-35(33)43-42(30-15-7-4-8-16-30)47-39-25-31(22-24-38(39)46-43)32-21-23-37-40(26-32)48-44(36-20-12-10-18-34(36)28(2)50)41(45-37)29-13-5-3-6-14-29;3*1-2/h3-26H,1-2H3;3*1-2H3. The molecule has 0 aliphatic rings. The second-order valence-corrected chi connectivity index (χ2v) is 12.2. The number of rotatable bonds is 7. The van der Waals surface area contributed by atoms with Crippen LogP contribution in [0.4, 0.5) is 0 Å². The van der Waals surface area contributed by atoms with Crippen molar-refractivity contribution in [3.8, 4) is 56.2 Å². The molecule has 0 amide bonds. The van der Waals surface area contributed by atoms with Gasteiger partial charge in [-0.15, -0.1) is 0 Å². The van der Waals surface area contributed by atoms with Crippen LogP contribution < -0.4 is 0 Å². The average Bonchev–Trinajstić information content (AvgIpc) is 3.27. The first-order chi connectivity index (χ1) is 27.4. The molecule has 56 heavy (non-hydrogen) atoms. The van der Waals surface area contributed by atoms with Crippen molar-refractivity contribution < 1.29 is 9.59 Å². The molecule has 0 spiro atoms. The van der Waals surface area contributed by atoms with Crippen molar-refractivity contribution in [3.05, 3.63) is 157 Å². The topological polar surface area (TPSA) is 85.7 Å². The average molecular weight is 737 g/mol. The van der Waals surface area contributed by atoms with Crippen LogP contribution in [0.5, 0.6) is 0 Å². The van der Waals surface area contributed by atoms with Crippen molar-refractivity contribution in [1.82, 2.24) is 19.9 Å². The summed E-state index contributed by atoms with van der Waals surface area (Å²) in [5, 5.41) is 0. The Balaban J connectivity index is 0.000000956. The van der Waals surface area contributed by atoms with Crippen molar-refractivity contribution >= 4 is 33.6 Å². The highest BCUT2D eigenvalue weighted by Gasteiger charge is 2.20. The molecular weight excluding hydrogens is 689 g/mol. The Morgan fingerprint density at radius 2 is 0.661 bits per heavy atom. The van der Waals surface area contributed by atoms with E-state index in [1.54, 1.807) is 13.8 Å². The summed E-state index contributed by atoms with van der Waals surface area (Å²) in [5.41, 5.74) is 12.1. The van der Waals surface area contributed by atoms with Gasteiger partial charge in [0.1, 0.15) is 0 Å². The molecule has 6 heteroatoms. The Labute approximate surface area is 330 Å². The van der Waals surface area contributed by atoms with E-state index in [-0.39, 0.29) is 11.6 Å². The van der Waals surface area contributed by atoms with Crippen molar-refractivity contribution in [2.45, 2.75) is 55.4 Å². The Morgan fingerprint density at radius 3 is 1.05 bits per heavy atom. The number of carbonyl (C=O) groups excluding carboxylic acids is 2. The van der Waals surface area contributed by atoms with Gasteiger partial charge >= 0.3 is 0 Å². The predicted octanol–water partition coefficient (Wildman–Crippen LogP) is 13.4. The molecular formula is C50H48N4O2. The second-order valence-electron chi connectivity index (χ2n) is 12.2. The molecule has 8 rings (SSSR count). The minimum Gasteiger partial charge on any atom is -0.294 e. The number of hydrogen-bond donors (Lipinski definition) is 0. The molecule has 0 radical (unpaired) electrons. The first-order valence-corrected chi connectivity index (χ1v) is 19.4. The van der Waals surface area contributed by atoms with Gasteiger partial charge in [-0.2, -0.15) is 0 Å². The van der Waals surface area contributed by atoms with Gasteiger partial charge in [0.2, 0.25) is 0 Å². The lowest BCUT2D eigenvalue weighted by Gasteiger charge is -2.14. The van der Waals surface area contributed by atoms with Gasteiger partial charge in [-0.1, -0.05) is 163 Å². The number of aromatic nitrogens is 4. The Morgan fingerprint density at radius 1 is 0.339 bits per heavy atom. The van der Waals surface area contributed by atoms with Gasteiger partial charge in [0.25, 0.3) is 0 Å². The third kappa shape index (κ3) is 8.50. The number of hydrogen-bond acceptors (Lipinski definition) is 6. The quantitative estimate of drug-likeness (QED) is 0.151. The molecule has 0 unspecified atom stereocenters. The maximum atomic E-state index is 12.7. The third-order valence-corrected chi connectivity index (χ3v) is 8.88. The van der Waals surface area contributed by atoms with E-state index in [0.717, 1.165) is 55.6 Å². The lowest BCUT2D eigenvalue weighted by molar-refractivity contribution is 0.101. The van der Waals surface area contributed by atoms with E-state index in [2.05, 4.69) is 0 Å². The molecule has 6 nitrogen and oxygen atoms in total. The third-order valence-electron chi connectivity index (χ3n) is 8.88. The predicted molar refractivity (Wildman–Crippen MR) is 234 cm³/mol. The molecule has 0 saturated heterocycles. The smallest absolute Gasteiger partial charge is 0.160 e. The zero-order chi connectivity index (χ0) is 40.2. The maximum absolute atomic E-state index is 12.7. The monoisotopic (exact) mass is 736 g/mol. The molecule has 2 heterocycles. The number of fused-ring (bicyclic) bond motifs is 2. The van der Waals surface area contributed by atoms with Crippen molar-refractivity contribution in [3.63, 3.8) is 0 Å². The highest BCUT2D eigenvalue weighted by Crippen LogP contribution is 2.36. The van der Waals surface area contributed by atoms with Crippen LogP contribution in [0.1, 0.15) is 76.1 Å². The highest BCUT2D eigenvalue weighted by atomic mass is 16.1. The Hall–Kier alpha value is -6.66. The molecule has 0 saturated carbocycles. The van der Waals surface area contributed by atoms with E-state index >= 15 is 0 Å². The lowest BCUT2D eigenvalue weighted by atomic mass is 9.96. The molecule has 0 N–H and O–H groups in total. The lowest BCUT2D eigenvalue weighted by Crippen LogP contribution is -2.01. The first kappa shape index (κ1) is 40.5. The minimum atomic E-state index is -0.0321. The summed E-state index contributed by atoms with van der Waals surface area (Å²) >= 11 is 0. The summed E-state index contributed by atoms with van der Waals surface area (Å²) in [5.74, 6) is -0.0598. The van der Waals surface area contributed by atoms with Gasteiger partial charge in [0, 0.05) is 33.4 Å². The molecule has 6 aromatic carbocycles. The summed E-state index contributed by atoms with van der Waals surface area (Å²) in [6.07, 6.45) is 0. The number of Topliss-reactive ketones (excluding diaryl/α,β-unsaturated/α-hetero) is 2. The fourth-order valence-electron chi connectivity index (χ4n) is 6.43. The summed E-state index contributed by atoms with van der Waals surface area (Å²) in [7, 11) is 0. The molecule has 0 atom stereocenters. The van der Waals surface area contributed by atoms with Gasteiger partial charge in [-0.25, -0.2) is 19.9 Å². The summed E-state index contributed by atoms with van der Waals surface area (Å²) in [6, 6.07) is 47.0. The molecule has 2 aromatic heterocycles. The van der Waals surface area contributed by atoms with Crippen molar-refractivity contribution in [2.75, 3.05) is 0 Å². The van der Waals surface area contributed by atoms with Crippen LogP contribution in [-0.2, 0) is 0 Å². The largest absolute Gasteiger partial charge is 0.294 e. The number of carbonyl (C=O) groups is 2. The van der Waals surface area contributed by atoms with E-state index in [4.69, 9.17) is 19.9 Å². The van der Waals surface area contributed by atoms with E-state index < -0.39 is 0 Å². The first-order valence-electron chi connectivity index (χ1n) is 19.4. The molecule has 0 bridgehead atoms. The van der Waals surface area contributed by atoms with Crippen LogP contribution in [0, 0.1) is 0 Å². The van der Waals surface area contributed by atoms with Crippen LogP contribution in [-0.4, -0.2) is 31.5 Å². The number of ketones is 2. The second kappa shape index (κ2) is 19.1. The van der Waals surface area contributed by atoms with Crippen LogP contribution in [0.2, 0.25) is 0 Å². The zero-order valence-electron chi connectivity index (χ0n) is 33.5. The number of nitrogens with zero attached hydrogens (tertiary/aromatic N) is 4. The fourth-order valence-corrected chi connectivity index (χ4v) is 6.43. The Bertz CT molecular complexity index is 2600. The summed E-state index contributed by atoms with van der Waals surface area (Å²) in [6.45, 7) is 15.1. The normalized spacial score (nSPS) is 10.3. The molecule has 0 fully saturated rings. The Kier molecular flexibility index (Phi) is 13.8. The fraction of sp³-hybridized carbons (Fsp3) is 0.160. The van der Waals surface area contributed by atoms with Gasteiger partial charge in [-0.05, 0) is 49.2 Å². The van der Waals surface area contributed by atoms with Crippen LogP contribution in [0.25, 0.3) is 78.2 Å². The van der Waals surface area contributed by atoms with Gasteiger partial charge in [0.05, 0.1) is 44.8 Å². The van der Waals surface area contributed by atoms with Crippen molar-refractivity contribution in [1.29, 1.82) is 0 Å². The van der Waals surface area contributed by atoms with Crippen LogP contribution in [0.3, 0.4) is 0 Å². The molecule has 280 valence electrons. The van der Waals surface area contributed by atoms with Crippen LogP contribution >= 0.6 is 0 Å². The van der Waals surface area contributed by atoms with E-state index in [0.29, 0.717) is 33.7 Å². The van der Waals surface area contributed by atoms with Gasteiger partial charge < -0.3 is 0 Å². The van der Waals surface area contributed by atoms with Crippen LogP contribution in [0.15, 0.2) is 146 Å². The molecule has 0 aliphatic carbocycles. The van der Waals surface area contributed by atoms with Gasteiger partial charge in [0.15, 0.2) is 11.6 Å². The van der Waals surface area contributed by atoms with Gasteiger partial charge in [-0.3, -0.25) is 9.59 Å². The van der Waals surface area contributed by atoms with E-state index in [9.17, 15) is 9.59 Å². The highest BCUT2D eigenvalue weighted by molar-refractivity contribution is 6.04. The SMILES string of the molecule is CC.CC.CC.CC(=O)c1ccccc1-c1nc2ccc(-c3ccc4nc(-c5ccccc5)c(-c5ccccc5C(C)=O)nc4c3)cc2nc1-c1ccccc1. The van der Waals surface area contributed by atoms with Crippen molar-refractivity contribution in [2.24, 2.45) is 0 Å². The minimum absolute atomic E-state index is 0.0277. The van der Waals surface area contributed by atoms with E-state index in [1.807, 2.05) is 187 Å². The molecule has 8 aromatic rings. The zero-order valence-corrected chi connectivity index (χ0v) is 33.5. The maximum Gasteiger partial charge on any atom is 0.160 e. The molecule has 0 aliphatic heterocycles. The summed E-state index contributed by atoms with van der Waals surface area (Å²) < 4.78 is 0. The number of benzene rings is 6. The van der Waals surface area contributed by atoms with E-state index in [1.165, 1.54) is 0 Å².